The van der Waals surface area contributed by atoms with Gasteiger partial charge in [0.05, 0.1) is 28.8 Å². The summed E-state index contributed by atoms with van der Waals surface area (Å²) in [4.78, 5) is -0.0778. The maximum Gasteiger partial charge on any atom is 0.255 e. The standard InChI is InChI=1S/C19H17ClN2O5S2/c20-16-8-6-15(7-9-16)10-12-28(23,24)22-17-3-1-5-19(13-17)29(25,26)21-14-18-4-2-11-27-18/h1-13,21-22H,14H2/b12-10+. The van der Waals surface area contributed by atoms with Crippen LogP contribution in [-0.2, 0) is 26.6 Å². The molecule has 0 saturated heterocycles. The predicted octanol–water partition coefficient (Wildman–Crippen LogP) is 3.82. The maximum absolute atomic E-state index is 12.4. The third kappa shape index (κ3) is 6.20. The fraction of sp³-hybridized carbons (Fsp3) is 0.0526. The second kappa shape index (κ2) is 8.83. The number of anilines is 1. The molecule has 0 fully saturated rings. The minimum Gasteiger partial charge on any atom is -0.468 e. The summed E-state index contributed by atoms with van der Waals surface area (Å²) >= 11 is 5.80. The van der Waals surface area contributed by atoms with Crippen LogP contribution in [0.25, 0.3) is 6.08 Å². The summed E-state index contributed by atoms with van der Waals surface area (Å²) in [6.07, 6.45) is 2.85. The lowest BCUT2D eigenvalue weighted by molar-refractivity contribution is 0.498. The largest absolute Gasteiger partial charge is 0.468 e. The molecule has 152 valence electrons. The molecular formula is C19H17ClN2O5S2. The first-order chi connectivity index (χ1) is 13.7. The molecule has 1 heterocycles. The second-order valence-electron chi connectivity index (χ2n) is 5.93. The highest BCUT2D eigenvalue weighted by Gasteiger charge is 2.16. The van der Waals surface area contributed by atoms with Gasteiger partial charge in [-0.15, -0.1) is 0 Å². The van der Waals surface area contributed by atoms with Gasteiger partial charge >= 0.3 is 0 Å². The van der Waals surface area contributed by atoms with Crippen LogP contribution in [0.1, 0.15) is 11.3 Å². The average molecular weight is 453 g/mol. The van der Waals surface area contributed by atoms with E-state index in [4.69, 9.17) is 16.0 Å². The molecule has 10 heteroatoms. The fourth-order valence-electron chi connectivity index (χ4n) is 2.33. The van der Waals surface area contributed by atoms with Crippen molar-refractivity contribution in [1.82, 2.24) is 4.72 Å². The van der Waals surface area contributed by atoms with E-state index in [0.717, 1.165) is 5.41 Å². The first-order valence-corrected chi connectivity index (χ1v) is 11.7. The number of sulfonamides is 2. The minimum atomic E-state index is -3.85. The van der Waals surface area contributed by atoms with Crippen molar-refractivity contribution < 1.29 is 21.3 Å². The Morgan fingerprint density at radius 2 is 1.72 bits per heavy atom. The van der Waals surface area contributed by atoms with E-state index in [2.05, 4.69) is 9.44 Å². The van der Waals surface area contributed by atoms with Crippen molar-refractivity contribution in [1.29, 1.82) is 0 Å². The van der Waals surface area contributed by atoms with Crippen LogP contribution in [0, 0.1) is 0 Å². The quantitative estimate of drug-likeness (QED) is 0.540. The van der Waals surface area contributed by atoms with Gasteiger partial charge in [-0.05, 0) is 54.1 Å². The summed E-state index contributed by atoms with van der Waals surface area (Å²) in [7, 11) is -7.70. The van der Waals surface area contributed by atoms with Gasteiger partial charge in [-0.2, -0.15) is 0 Å². The van der Waals surface area contributed by atoms with Crippen LogP contribution < -0.4 is 9.44 Å². The average Bonchev–Trinajstić information content (AvgIpc) is 3.20. The van der Waals surface area contributed by atoms with Gasteiger partial charge in [-0.3, -0.25) is 4.72 Å². The molecule has 2 N–H and O–H groups in total. The molecule has 0 aliphatic rings. The molecule has 0 unspecified atom stereocenters. The molecular weight excluding hydrogens is 436 g/mol. The van der Waals surface area contributed by atoms with Crippen molar-refractivity contribution in [3.63, 3.8) is 0 Å². The molecule has 0 radical (unpaired) electrons. The molecule has 0 saturated carbocycles. The van der Waals surface area contributed by atoms with Crippen LogP contribution in [0.4, 0.5) is 5.69 Å². The van der Waals surface area contributed by atoms with E-state index in [1.165, 1.54) is 36.6 Å². The highest BCUT2D eigenvalue weighted by atomic mass is 35.5. The Morgan fingerprint density at radius 1 is 0.966 bits per heavy atom. The van der Waals surface area contributed by atoms with Crippen LogP contribution >= 0.6 is 11.6 Å². The smallest absolute Gasteiger partial charge is 0.255 e. The van der Waals surface area contributed by atoms with E-state index in [-0.39, 0.29) is 17.1 Å². The number of nitrogens with one attached hydrogen (secondary N) is 2. The summed E-state index contributed by atoms with van der Waals surface area (Å²) in [6.45, 7) is -0.0187. The summed E-state index contributed by atoms with van der Waals surface area (Å²) in [5.41, 5.74) is 0.768. The summed E-state index contributed by atoms with van der Waals surface area (Å²) in [5.74, 6) is 0.456. The van der Waals surface area contributed by atoms with Crippen LogP contribution in [0.15, 0.2) is 81.6 Å². The normalized spacial score (nSPS) is 12.3. The van der Waals surface area contributed by atoms with Crippen molar-refractivity contribution in [3.8, 4) is 0 Å². The zero-order valence-electron chi connectivity index (χ0n) is 14.9. The minimum absolute atomic E-state index is 0.0187. The van der Waals surface area contributed by atoms with Crippen LogP contribution in [0.3, 0.4) is 0 Å². The number of hydrogen-bond acceptors (Lipinski definition) is 5. The molecule has 3 aromatic rings. The molecule has 3 rings (SSSR count). The molecule has 0 aliphatic heterocycles. The second-order valence-corrected chi connectivity index (χ2v) is 9.70. The number of halogens is 1. The van der Waals surface area contributed by atoms with Gasteiger partial charge in [-0.1, -0.05) is 29.8 Å². The van der Waals surface area contributed by atoms with Crippen LogP contribution in [-0.4, -0.2) is 16.8 Å². The Bertz CT molecular complexity index is 1200. The van der Waals surface area contributed by atoms with Crippen molar-refractivity contribution in [2.75, 3.05) is 4.72 Å². The van der Waals surface area contributed by atoms with Crippen LogP contribution in [0.2, 0.25) is 5.02 Å². The van der Waals surface area contributed by atoms with Gasteiger partial charge in [0.25, 0.3) is 10.0 Å². The lowest BCUT2D eigenvalue weighted by atomic mass is 10.2. The zero-order valence-corrected chi connectivity index (χ0v) is 17.3. The summed E-state index contributed by atoms with van der Waals surface area (Å²) in [5, 5.41) is 1.54. The molecule has 0 atom stereocenters. The lowest BCUT2D eigenvalue weighted by Gasteiger charge is -2.09. The number of hydrogen-bond donors (Lipinski definition) is 2. The molecule has 0 aliphatic carbocycles. The van der Waals surface area contributed by atoms with Crippen LogP contribution in [0.5, 0.6) is 0 Å². The van der Waals surface area contributed by atoms with Crippen molar-refractivity contribution in [2.24, 2.45) is 0 Å². The predicted molar refractivity (Wildman–Crippen MR) is 112 cm³/mol. The third-order valence-corrected chi connectivity index (χ3v) is 6.40. The van der Waals surface area contributed by atoms with Gasteiger partial charge in [0.1, 0.15) is 5.76 Å². The Hall–Kier alpha value is -2.59. The van der Waals surface area contributed by atoms with Gasteiger partial charge in [-0.25, -0.2) is 21.6 Å². The van der Waals surface area contributed by atoms with E-state index in [1.807, 2.05) is 0 Å². The molecule has 1 aromatic heterocycles. The summed E-state index contributed by atoms with van der Waals surface area (Å²) in [6, 6.07) is 15.4. The van der Waals surface area contributed by atoms with Gasteiger partial charge in [0.15, 0.2) is 0 Å². The third-order valence-electron chi connectivity index (χ3n) is 3.73. The van der Waals surface area contributed by atoms with Gasteiger partial charge in [0.2, 0.25) is 10.0 Å². The van der Waals surface area contributed by atoms with E-state index in [1.54, 1.807) is 36.4 Å². The van der Waals surface area contributed by atoms with Crippen molar-refractivity contribution in [2.45, 2.75) is 11.4 Å². The van der Waals surface area contributed by atoms with E-state index in [0.29, 0.717) is 16.3 Å². The zero-order chi connectivity index (χ0) is 20.9. The van der Waals surface area contributed by atoms with Gasteiger partial charge in [0, 0.05) is 5.02 Å². The number of benzene rings is 2. The molecule has 29 heavy (non-hydrogen) atoms. The van der Waals surface area contributed by atoms with Crippen molar-refractivity contribution in [3.05, 3.63) is 88.7 Å². The van der Waals surface area contributed by atoms with E-state index in [9.17, 15) is 16.8 Å². The highest BCUT2D eigenvalue weighted by Crippen LogP contribution is 2.18. The lowest BCUT2D eigenvalue weighted by Crippen LogP contribution is -2.23. The Morgan fingerprint density at radius 3 is 2.41 bits per heavy atom. The fourth-order valence-corrected chi connectivity index (χ4v) is 4.35. The Balaban J connectivity index is 1.72. The molecule has 2 aromatic carbocycles. The topological polar surface area (TPSA) is 105 Å². The molecule has 7 nitrogen and oxygen atoms in total. The first-order valence-electron chi connectivity index (χ1n) is 8.32. The first kappa shape index (κ1) is 21.1. The monoisotopic (exact) mass is 452 g/mol. The highest BCUT2D eigenvalue weighted by molar-refractivity contribution is 7.95. The summed E-state index contributed by atoms with van der Waals surface area (Å²) < 4.78 is 59.2. The van der Waals surface area contributed by atoms with E-state index >= 15 is 0 Å². The number of furan rings is 1. The van der Waals surface area contributed by atoms with Crippen molar-refractivity contribution >= 4 is 43.4 Å². The SMILES string of the molecule is O=S(=O)(/C=C/c1ccc(Cl)cc1)Nc1cccc(S(=O)(=O)NCc2ccco2)c1. The maximum atomic E-state index is 12.4. The molecule has 0 bridgehead atoms. The molecule has 0 spiro atoms. The van der Waals surface area contributed by atoms with Gasteiger partial charge < -0.3 is 4.42 Å². The Labute approximate surface area is 174 Å². The molecule has 0 amide bonds. The Kier molecular flexibility index (Phi) is 6.43. The van der Waals surface area contributed by atoms with E-state index < -0.39 is 20.0 Å². The number of rotatable bonds is 8.